The Kier molecular flexibility index (Phi) is 3.52. The van der Waals surface area contributed by atoms with Gasteiger partial charge in [-0.2, -0.15) is 0 Å². The highest BCUT2D eigenvalue weighted by Crippen LogP contribution is 2.32. The van der Waals surface area contributed by atoms with E-state index in [9.17, 15) is 4.79 Å². The summed E-state index contributed by atoms with van der Waals surface area (Å²) in [5.74, 6) is 0.0213. The molecule has 1 unspecified atom stereocenters. The van der Waals surface area contributed by atoms with Gasteiger partial charge in [0.15, 0.2) is 0 Å². The van der Waals surface area contributed by atoms with Crippen molar-refractivity contribution in [3.8, 4) is 11.5 Å². The smallest absolute Gasteiger partial charge is 0.320 e. The minimum absolute atomic E-state index is 0.257. The Balaban J connectivity index is 1.64. The first-order valence-corrected chi connectivity index (χ1v) is 6.70. The third kappa shape index (κ3) is 2.88. The fourth-order valence-electron chi connectivity index (χ4n) is 2.20. The van der Waals surface area contributed by atoms with Crippen LogP contribution in [0.2, 0.25) is 0 Å². The second kappa shape index (κ2) is 5.46. The molecular weight excluding hydrogens is 256 g/mol. The first-order chi connectivity index (χ1) is 9.74. The van der Waals surface area contributed by atoms with E-state index >= 15 is 0 Å². The van der Waals surface area contributed by atoms with Gasteiger partial charge in [-0.1, -0.05) is 18.2 Å². The monoisotopic (exact) mass is 272 g/mol. The number of oxazole rings is 1. The molecule has 1 fully saturated rings. The predicted molar refractivity (Wildman–Crippen MR) is 72.9 cm³/mol. The molecule has 0 saturated heterocycles. The highest BCUT2D eigenvalue weighted by Gasteiger charge is 2.35. The van der Waals surface area contributed by atoms with Crippen LogP contribution in [0.4, 0.5) is 0 Å². The number of aliphatic carboxylic acids is 1. The maximum atomic E-state index is 11.1. The zero-order valence-corrected chi connectivity index (χ0v) is 11.0. The Morgan fingerprint density at radius 2 is 2.15 bits per heavy atom. The molecule has 2 N–H and O–H groups in total. The van der Waals surface area contributed by atoms with Crippen molar-refractivity contribution in [2.75, 3.05) is 0 Å². The summed E-state index contributed by atoms with van der Waals surface area (Å²) in [5, 5.41) is 12.2. The molecule has 0 bridgehead atoms. The SMILES string of the molecule is O=C(O)C(NCc1coc(-c2ccccc2)n1)C1CC1. The summed E-state index contributed by atoms with van der Waals surface area (Å²) in [6.07, 6.45) is 3.54. The van der Waals surface area contributed by atoms with Crippen LogP contribution in [0.5, 0.6) is 0 Å². The zero-order valence-electron chi connectivity index (χ0n) is 11.0. The summed E-state index contributed by atoms with van der Waals surface area (Å²) in [5.41, 5.74) is 1.63. The standard InChI is InChI=1S/C15H16N2O3/c18-15(19)13(10-6-7-10)16-8-12-9-20-14(17-12)11-4-2-1-3-5-11/h1-5,9-10,13,16H,6-8H2,(H,18,19). The molecule has 3 rings (SSSR count). The van der Waals surface area contributed by atoms with Crippen LogP contribution in [-0.4, -0.2) is 22.1 Å². The molecule has 1 atom stereocenters. The lowest BCUT2D eigenvalue weighted by Crippen LogP contribution is -2.38. The van der Waals surface area contributed by atoms with Gasteiger partial charge in [-0.05, 0) is 30.9 Å². The van der Waals surface area contributed by atoms with E-state index in [1.165, 1.54) is 0 Å². The quantitative estimate of drug-likeness (QED) is 0.844. The Morgan fingerprint density at radius 1 is 1.40 bits per heavy atom. The molecule has 1 aromatic heterocycles. The van der Waals surface area contributed by atoms with Crippen LogP contribution >= 0.6 is 0 Å². The topological polar surface area (TPSA) is 75.4 Å². The molecule has 1 aliphatic rings. The zero-order chi connectivity index (χ0) is 13.9. The molecule has 5 nitrogen and oxygen atoms in total. The van der Waals surface area contributed by atoms with Crippen molar-refractivity contribution in [3.05, 3.63) is 42.3 Å². The molecule has 0 amide bonds. The van der Waals surface area contributed by atoms with Crippen LogP contribution in [0.15, 0.2) is 41.0 Å². The third-order valence-electron chi connectivity index (χ3n) is 3.44. The second-order valence-electron chi connectivity index (χ2n) is 5.04. The number of carbonyl (C=O) groups is 1. The lowest BCUT2D eigenvalue weighted by molar-refractivity contribution is -0.140. The Hall–Kier alpha value is -2.14. The van der Waals surface area contributed by atoms with Crippen LogP contribution in [0.25, 0.3) is 11.5 Å². The minimum Gasteiger partial charge on any atom is -0.480 e. The number of nitrogens with one attached hydrogen (secondary N) is 1. The number of hydrogen-bond donors (Lipinski definition) is 2. The normalized spacial score (nSPS) is 16.0. The molecule has 1 saturated carbocycles. The summed E-state index contributed by atoms with van der Waals surface area (Å²) < 4.78 is 5.42. The third-order valence-corrected chi connectivity index (χ3v) is 3.44. The molecule has 2 aromatic rings. The van der Waals surface area contributed by atoms with Crippen LogP contribution in [0.1, 0.15) is 18.5 Å². The Labute approximate surface area is 116 Å². The van der Waals surface area contributed by atoms with Crippen molar-refractivity contribution in [1.29, 1.82) is 0 Å². The van der Waals surface area contributed by atoms with Crippen LogP contribution in [-0.2, 0) is 11.3 Å². The molecule has 0 radical (unpaired) electrons. The van der Waals surface area contributed by atoms with Gasteiger partial charge < -0.3 is 9.52 Å². The predicted octanol–water partition coefficient (Wildman–Crippen LogP) is 2.29. The summed E-state index contributed by atoms with van der Waals surface area (Å²) in [6, 6.07) is 9.14. The molecule has 1 heterocycles. The van der Waals surface area contributed by atoms with E-state index in [-0.39, 0.29) is 5.92 Å². The molecule has 20 heavy (non-hydrogen) atoms. The number of carboxylic acids is 1. The van der Waals surface area contributed by atoms with E-state index in [1.54, 1.807) is 6.26 Å². The summed E-state index contributed by atoms with van der Waals surface area (Å²) in [4.78, 5) is 15.5. The molecular formula is C15H16N2O3. The summed E-state index contributed by atoms with van der Waals surface area (Å²) >= 11 is 0. The van der Waals surface area contributed by atoms with Gasteiger partial charge in [0, 0.05) is 12.1 Å². The van der Waals surface area contributed by atoms with Gasteiger partial charge in [-0.3, -0.25) is 10.1 Å². The number of aromatic nitrogens is 1. The minimum atomic E-state index is -0.792. The highest BCUT2D eigenvalue weighted by atomic mass is 16.4. The molecule has 1 aliphatic carbocycles. The van der Waals surface area contributed by atoms with Crippen molar-refractivity contribution in [2.45, 2.75) is 25.4 Å². The van der Waals surface area contributed by atoms with Crippen molar-refractivity contribution >= 4 is 5.97 Å². The number of rotatable bonds is 6. The maximum Gasteiger partial charge on any atom is 0.320 e. The van der Waals surface area contributed by atoms with Gasteiger partial charge >= 0.3 is 5.97 Å². The van der Waals surface area contributed by atoms with E-state index in [2.05, 4.69) is 10.3 Å². The number of carboxylic acid groups (broad SMARTS) is 1. The van der Waals surface area contributed by atoms with Gasteiger partial charge in [0.05, 0.1) is 5.69 Å². The van der Waals surface area contributed by atoms with E-state index in [1.807, 2.05) is 30.3 Å². The van der Waals surface area contributed by atoms with E-state index in [0.717, 1.165) is 24.1 Å². The summed E-state index contributed by atoms with van der Waals surface area (Å²) in [6.45, 7) is 0.407. The lowest BCUT2D eigenvalue weighted by Gasteiger charge is -2.11. The highest BCUT2D eigenvalue weighted by molar-refractivity contribution is 5.74. The van der Waals surface area contributed by atoms with Gasteiger partial charge in [-0.25, -0.2) is 4.98 Å². The fraction of sp³-hybridized carbons (Fsp3) is 0.333. The Morgan fingerprint density at radius 3 is 2.80 bits per heavy atom. The van der Waals surface area contributed by atoms with E-state index in [4.69, 9.17) is 9.52 Å². The second-order valence-corrected chi connectivity index (χ2v) is 5.04. The molecule has 104 valence electrons. The number of nitrogens with zero attached hydrogens (tertiary/aromatic N) is 1. The van der Waals surface area contributed by atoms with Crippen LogP contribution in [0.3, 0.4) is 0 Å². The van der Waals surface area contributed by atoms with Crippen molar-refractivity contribution in [2.24, 2.45) is 5.92 Å². The van der Waals surface area contributed by atoms with Crippen molar-refractivity contribution in [3.63, 3.8) is 0 Å². The Bertz CT molecular complexity index is 590. The average molecular weight is 272 g/mol. The van der Waals surface area contributed by atoms with Gasteiger partial charge in [-0.15, -0.1) is 0 Å². The van der Waals surface area contributed by atoms with E-state index < -0.39 is 12.0 Å². The molecule has 1 aromatic carbocycles. The van der Waals surface area contributed by atoms with Crippen molar-refractivity contribution < 1.29 is 14.3 Å². The molecule has 0 spiro atoms. The van der Waals surface area contributed by atoms with Gasteiger partial charge in [0.1, 0.15) is 12.3 Å². The van der Waals surface area contributed by atoms with Crippen LogP contribution in [0, 0.1) is 5.92 Å². The van der Waals surface area contributed by atoms with Gasteiger partial charge in [0.2, 0.25) is 5.89 Å². The largest absolute Gasteiger partial charge is 0.480 e. The first-order valence-electron chi connectivity index (χ1n) is 6.70. The number of benzene rings is 1. The summed E-state index contributed by atoms with van der Waals surface area (Å²) in [7, 11) is 0. The first kappa shape index (κ1) is 12.9. The maximum absolute atomic E-state index is 11.1. The molecule has 0 aliphatic heterocycles. The van der Waals surface area contributed by atoms with Crippen LogP contribution < -0.4 is 5.32 Å². The van der Waals surface area contributed by atoms with Gasteiger partial charge in [0.25, 0.3) is 0 Å². The number of hydrogen-bond acceptors (Lipinski definition) is 4. The molecule has 5 heteroatoms. The average Bonchev–Trinajstić information content (AvgIpc) is 3.17. The van der Waals surface area contributed by atoms with E-state index in [0.29, 0.717) is 12.4 Å². The lowest BCUT2D eigenvalue weighted by atomic mass is 10.2. The van der Waals surface area contributed by atoms with Crippen molar-refractivity contribution in [1.82, 2.24) is 10.3 Å². The fourth-order valence-corrected chi connectivity index (χ4v) is 2.20.